The second kappa shape index (κ2) is 4.36. The van der Waals surface area contributed by atoms with Gasteiger partial charge in [0.1, 0.15) is 5.71 Å². The summed E-state index contributed by atoms with van der Waals surface area (Å²) in [6, 6.07) is 7.63. The van der Waals surface area contributed by atoms with Crippen molar-refractivity contribution in [3.05, 3.63) is 42.5 Å². The van der Waals surface area contributed by atoms with E-state index in [1.807, 2.05) is 31.2 Å². The van der Waals surface area contributed by atoms with Crippen molar-refractivity contribution in [1.82, 2.24) is 0 Å². The molecule has 0 aromatic heterocycles. The van der Waals surface area contributed by atoms with Gasteiger partial charge in [-0.05, 0) is 24.6 Å². The number of aryl methyl sites for hydroxylation is 1. The molecular weight excluding hydrogens is 162 g/mol. The third-order valence-corrected chi connectivity index (χ3v) is 1.69. The average Bonchev–Trinajstić information content (AvgIpc) is 2.17. The molecule has 0 saturated heterocycles. The highest BCUT2D eigenvalue weighted by molar-refractivity contribution is 6.34. The van der Waals surface area contributed by atoms with Crippen LogP contribution in [-0.4, -0.2) is 12.0 Å². The molecule has 0 bridgehead atoms. The number of nitrogens with zero attached hydrogens (tertiary/aromatic N) is 1. The molecule has 0 radical (unpaired) electrons. The first-order valence-electron chi connectivity index (χ1n) is 4.00. The summed E-state index contributed by atoms with van der Waals surface area (Å²) < 4.78 is 0. The van der Waals surface area contributed by atoms with E-state index in [2.05, 4.69) is 11.6 Å². The molecule has 0 unspecified atom stereocenters. The Balaban J connectivity index is 3.09. The van der Waals surface area contributed by atoms with Crippen molar-refractivity contribution >= 4 is 17.7 Å². The molecule has 1 rings (SSSR count). The highest BCUT2D eigenvalue weighted by Gasteiger charge is 1.95. The lowest BCUT2D eigenvalue weighted by Gasteiger charge is -1.98. The molecule has 1 aromatic carbocycles. The zero-order chi connectivity index (χ0) is 9.68. The predicted molar refractivity (Wildman–Crippen MR) is 54.5 cm³/mol. The molecule has 0 heterocycles. The van der Waals surface area contributed by atoms with E-state index in [-0.39, 0.29) is 0 Å². The van der Waals surface area contributed by atoms with Crippen molar-refractivity contribution in [2.75, 3.05) is 0 Å². The monoisotopic (exact) mass is 173 g/mol. The highest BCUT2D eigenvalue weighted by atomic mass is 16.1. The van der Waals surface area contributed by atoms with Gasteiger partial charge in [0.05, 0.1) is 5.69 Å². The van der Waals surface area contributed by atoms with Gasteiger partial charge in [0.15, 0.2) is 6.29 Å². The summed E-state index contributed by atoms with van der Waals surface area (Å²) in [5, 5.41) is 0. The lowest BCUT2D eigenvalue weighted by atomic mass is 10.2. The minimum atomic E-state index is 0.356. The first-order valence-corrected chi connectivity index (χ1v) is 4.00. The predicted octanol–water partition coefficient (Wildman–Crippen LogP) is 2.45. The molecular formula is C11H11NO. The summed E-state index contributed by atoms with van der Waals surface area (Å²) >= 11 is 0. The van der Waals surface area contributed by atoms with E-state index in [1.165, 1.54) is 6.08 Å². The van der Waals surface area contributed by atoms with Crippen LogP contribution in [-0.2, 0) is 4.79 Å². The van der Waals surface area contributed by atoms with E-state index in [9.17, 15) is 4.79 Å². The molecule has 0 saturated carbocycles. The molecule has 2 heteroatoms. The van der Waals surface area contributed by atoms with Crippen LogP contribution in [0.1, 0.15) is 5.56 Å². The van der Waals surface area contributed by atoms with Gasteiger partial charge in [0, 0.05) is 0 Å². The van der Waals surface area contributed by atoms with Crippen molar-refractivity contribution in [2.45, 2.75) is 6.92 Å². The molecule has 0 aliphatic carbocycles. The Morgan fingerprint density at radius 2 is 2.15 bits per heavy atom. The number of benzene rings is 1. The third-order valence-electron chi connectivity index (χ3n) is 1.69. The first-order chi connectivity index (χ1) is 6.27. The molecule has 1 aromatic rings. The average molecular weight is 173 g/mol. The van der Waals surface area contributed by atoms with Gasteiger partial charge in [-0.2, -0.15) is 0 Å². The second-order valence-electron chi connectivity index (χ2n) is 2.65. The zero-order valence-electron chi connectivity index (χ0n) is 7.53. The largest absolute Gasteiger partial charge is 0.296 e. The lowest BCUT2D eigenvalue weighted by molar-refractivity contribution is -0.102. The van der Waals surface area contributed by atoms with Gasteiger partial charge < -0.3 is 0 Å². The normalized spacial score (nSPS) is 11.0. The fourth-order valence-electron chi connectivity index (χ4n) is 0.948. The second-order valence-corrected chi connectivity index (χ2v) is 2.65. The Morgan fingerprint density at radius 1 is 1.46 bits per heavy atom. The standard InChI is InChI=1S/C11H11NO/c1-3-10(8-13)12-11-7-5-4-6-9(11)2/h3-8H,1H2,2H3/b12-10+. The van der Waals surface area contributed by atoms with Crippen LogP contribution in [0.3, 0.4) is 0 Å². The first kappa shape index (κ1) is 9.39. The SMILES string of the molecule is C=C/C(C=O)=N\c1ccccc1C. The zero-order valence-corrected chi connectivity index (χ0v) is 7.53. The number of aliphatic imine (C=N–C) groups is 1. The van der Waals surface area contributed by atoms with Crippen LogP contribution < -0.4 is 0 Å². The number of aldehydes is 1. The Bertz CT molecular complexity index is 343. The van der Waals surface area contributed by atoms with Crippen molar-refractivity contribution < 1.29 is 4.79 Å². The van der Waals surface area contributed by atoms with E-state index in [1.54, 1.807) is 0 Å². The van der Waals surface area contributed by atoms with Crippen LogP contribution in [0.25, 0.3) is 0 Å². The van der Waals surface area contributed by atoms with Crippen molar-refractivity contribution in [3.8, 4) is 0 Å². The van der Waals surface area contributed by atoms with Crippen LogP contribution in [0.5, 0.6) is 0 Å². The maximum absolute atomic E-state index is 10.4. The fraction of sp³-hybridized carbons (Fsp3) is 0.0909. The van der Waals surface area contributed by atoms with E-state index in [0.717, 1.165) is 11.3 Å². The Kier molecular flexibility index (Phi) is 3.15. The van der Waals surface area contributed by atoms with Gasteiger partial charge in [-0.25, -0.2) is 4.99 Å². The van der Waals surface area contributed by atoms with Gasteiger partial charge >= 0.3 is 0 Å². The van der Waals surface area contributed by atoms with Crippen LogP contribution >= 0.6 is 0 Å². The number of carbonyl (C=O) groups excluding carboxylic acids is 1. The van der Waals surface area contributed by atoms with Gasteiger partial charge in [0.2, 0.25) is 0 Å². The molecule has 2 nitrogen and oxygen atoms in total. The minimum absolute atomic E-state index is 0.356. The maximum atomic E-state index is 10.4. The molecule has 13 heavy (non-hydrogen) atoms. The third kappa shape index (κ3) is 2.37. The van der Waals surface area contributed by atoms with E-state index < -0.39 is 0 Å². The quantitative estimate of drug-likeness (QED) is 0.510. The molecule has 0 spiro atoms. The molecule has 0 amide bonds. The van der Waals surface area contributed by atoms with Gasteiger partial charge in [0.25, 0.3) is 0 Å². The smallest absolute Gasteiger partial charge is 0.168 e. The summed E-state index contributed by atoms with van der Waals surface area (Å²) in [6.45, 7) is 5.44. The van der Waals surface area contributed by atoms with Crippen LogP contribution in [0, 0.1) is 6.92 Å². The van der Waals surface area contributed by atoms with E-state index in [0.29, 0.717) is 12.0 Å². The molecule has 0 N–H and O–H groups in total. The molecule has 0 aliphatic heterocycles. The van der Waals surface area contributed by atoms with Crippen LogP contribution in [0.2, 0.25) is 0 Å². The Hall–Kier alpha value is -1.70. The number of rotatable bonds is 3. The Morgan fingerprint density at radius 3 is 2.69 bits per heavy atom. The summed E-state index contributed by atoms with van der Waals surface area (Å²) in [7, 11) is 0. The summed E-state index contributed by atoms with van der Waals surface area (Å²) in [5.41, 5.74) is 2.21. The van der Waals surface area contributed by atoms with E-state index >= 15 is 0 Å². The lowest BCUT2D eigenvalue weighted by Crippen LogP contribution is -1.92. The van der Waals surface area contributed by atoms with Crippen molar-refractivity contribution in [2.24, 2.45) is 4.99 Å². The van der Waals surface area contributed by atoms with Gasteiger partial charge in [-0.15, -0.1) is 0 Å². The number of hydrogen-bond donors (Lipinski definition) is 0. The fourth-order valence-corrected chi connectivity index (χ4v) is 0.948. The highest BCUT2D eigenvalue weighted by Crippen LogP contribution is 2.16. The molecule has 66 valence electrons. The van der Waals surface area contributed by atoms with Crippen LogP contribution in [0.15, 0.2) is 41.9 Å². The number of hydrogen-bond acceptors (Lipinski definition) is 2. The molecule has 0 fully saturated rings. The van der Waals surface area contributed by atoms with Crippen LogP contribution in [0.4, 0.5) is 5.69 Å². The maximum Gasteiger partial charge on any atom is 0.168 e. The van der Waals surface area contributed by atoms with Crippen molar-refractivity contribution in [1.29, 1.82) is 0 Å². The minimum Gasteiger partial charge on any atom is -0.296 e. The Labute approximate surface area is 77.6 Å². The number of carbonyl (C=O) groups is 1. The van der Waals surface area contributed by atoms with E-state index in [4.69, 9.17) is 0 Å². The van der Waals surface area contributed by atoms with Gasteiger partial charge in [-0.1, -0.05) is 24.8 Å². The summed E-state index contributed by atoms with van der Waals surface area (Å²) in [6.07, 6.45) is 2.14. The molecule has 0 aliphatic rings. The van der Waals surface area contributed by atoms with Gasteiger partial charge in [-0.3, -0.25) is 4.79 Å². The topological polar surface area (TPSA) is 29.4 Å². The number of allylic oxidation sites excluding steroid dienone is 1. The molecule has 0 atom stereocenters. The number of para-hydroxylation sites is 1. The summed E-state index contributed by atoms with van der Waals surface area (Å²) in [4.78, 5) is 14.6. The summed E-state index contributed by atoms with van der Waals surface area (Å²) in [5.74, 6) is 0. The van der Waals surface area contributed by atoms with Crippen molar-refractivity contribution in [3.63, 3.8) is 0 Å².